The van der Waals surface area contributed by atoms with E-state index >= 15 is 0 Å². The average molecular weight is 411 g/mol. The molecule has 3 N–H and O–H groups in total. The number of aromatic nitrogens is 5. The molecular weight excluding hydrogens is 390 g/mol. The van der Waals surface area contributed by atoms with E-state index in [1.165, 1.54) is 0 Å². The zero-order chi connectivity index (χ0) is 21.0. The normalized spacial score (nSPS) is 15.4. The molecule has 1 aliphatic rings. The van der Waals surface area contributed by atoms with Crippen molar-refractivity contribution < 1.29 is 5.11 Å². The van der Waals surface area contributed by atoms with E-state index < -0.39 is 5.60 Å². The number of imidazole rings is 1. The molecule has 154 valence electrons. The van der Waals surface area contributed by atoms with Gasteiger partial charge in [0, 0.05) is 42.6 Å². The van der Waals surface area contributed by atoms with Gasteiger partial charge in [0.1, 0.15) is 5.82 Å². The number of anilines is 3. The van der Waals surface area contributed by atoms with E-state index in [9.17, 15) is 5.11 Å². The Bertz CT molecular complexity index is 1390. The lowest BCUT2D eigenvalue weighted by Gasteiger charge is -2.45. The number of aromatic amines is 1. The molecule has 6 rings (SSSR count). The fourth-order valence-electron chi connectivity index (χ4n) is 4.14. The first kappa shape index (κ1) is 17.9. The van der Waals surface area contributed by atoms with E-state index in [0.717, 1.165) is 44.9 Å². The van der Waals surface area contributed by atoms with Crippen molar-refractivity contribution in [2.75, 3.05) is 23.3 Å². The summed E-state index contributed by atoms with van der Waals surface area (Å²) in [5, 5.41) is 21.6. The van der Waals surface area contributed by atoms with Crippen LogP contribution in [0.5, 0.6) is 0 Å². The number of H-pyrrole nitrogens is 1. The lowest BCUT2D eigenvalue weighted by Crippen LogP contribution is -2.60. The zero-order valence-electron chi connectivity index (χ0n) is 16.9. The third-order valence-electron chi connectivity index (χ3n) is 5.70. The van der Waals surface area contributed by atoms with Gasteiger partial charge in [-0.3, -0.25) is 5.10 Å². The van der Waals surface area contributed by atoms with Crippen LogP contribution in [0.2, 0.25) is 0 Å². The summed E-state index contributed by atoms with van der Waals surface area (Å²) in [5.41, 5.74) is 5.25. The number of aliphatic hydroxyl groups is 1. The van der Waals surface area contributed by atoms with Crippen LogP contribution < -0.4 is 10.2 Å². The van der Waals surface area contributed by atoms with Crippen molar-refractivity contribution in [1.82, 2.24) is 24.6 Å². The molecule has 0 spiro atoms. The summed E-state index contributed by atoms with van der Waals surface area (Å²) in [6.07, 6.45) is 9.44. The lowest BCUT2D eigenvalue weighted by atomic mass is 9.96. The second-order valence-electron chi connectivity index (χ2n) is 8.35. The van der Waals surface area contributed by atoms with E-state index in [1.807, 2.05) is 42.0 Å². The van der Waals surface area contributed by atoms with Crippen molar-refractivity contribution in [3.63, 3.8) is 0 Å². The zero-order valence-corrected chi connectivity index (χ0v) is 16.9. The Labute approximate surface area is 178 Å². The Morgan fingerprint density at radius 1 is 1.06 bits per heavy atom. The number of nitrogens with one attached hydrogen (secondary N) is 2. The number of rotatable bonds is 4. The third kappa shape index (κ3) is 3.17. The maximum atomic E-state index is 9.95. The molecule has 0 saturated carbocycles. The van der Waals surface area contributed by atoms with Crippen LogP contribution in [0, 0.1) is 0 Å². The van der Waals surface area contributed by atoms with Gasteiger partial charge in [-0.25, -0.2) is 9.97 Å². The van der Waals surface area contributed by atoms with E-state index in [2.05, 4.69) is 60.8 Å². The smallest absolute Gasteiger partial charge is 0.160 e. The summed E-state index contributed by atoms with van der Waals surface area (Å²) < 4.78 is 2.01. The van der Waals surface area contributed by atoms with Crippen LogP contribution in [0.3, 0.4) is 0 Å². The molecule has 31 heavy (non-hydrogen) atoms. The number of fused-ring (bicyclic) bond motifs is 2. The molecule has 0 radical (unpaired) electrons. The molecule has 0 atom stereocenters. The molecule has 8 heteroatoms. The van der Waals surface area contributed by atoms with Crippen molar-refractivity contribution in [2.45, 2.75) is 12.5 Å². The van der Waals surface area contributed by atoms with Crippen LogP contribution >= 0.6 is 0 Å². The van der Waals surface area contributed by atoms with Crippen molar-refractivity contribution in [1.29, 1.82) is 0 Å². The van der Waals surface area contributed by atoms with Gasteiger partial charge in [0.2, 0.25) is 0 Å². The van der Waals surface area contributed by atoms with Crippen LogP contribution in [0.25, 0.3) is 27.7 Å². The quantitative estimate of drug-likeness (QED) is 0.418. The molecule has 0 amide bonds. The molecule has 1 aliphatic heterocycles. The first-order valence-electron chi connectivity index (χ1n) is 10.1. The average Bonchev–Trinajstić information content (AvgIpc) is 3.41. The highest BCUT2D eigenvalue weighted by Gasteiger charge is 2.36. The Hall–Kier alpha value is -3.91. The fraction of sp³-hybridized carbons (Fsp3) is 0.174. The molecule has 5 aromatic rings. The van der Waals surface area contributed by atoms with Crippen LogP contribution in [0.15, 0.2) is 67.4 Å². The maximum Gasteiger partial charge on any atom is 0.160 e. The van der Waals surface area contributed by atoms with Crippen molar-refractivity contribution >= 4 is 33.7 Å². The number of β-amino-alcohol motifs (C(OH)–C–C–N with tert-alkyl or cyclic N) is 1. The minimum atomic E-state index is -0.608. The van der Waals surface area contributed by atoms with Gasteiger partial charge in [-0.1, -0.05) is 12.1 Å². The molecular formula is C23H21N7O. The maximum absolute atomic E-state index is 9.95. The molecule has 0 aliphatic carbocycles. The highest BCUT2D eigenvalue weighted by molar-refractivity contribution is 5.86. The largest absolute Gasteiger partial charge is 0.386 e. The highest BCUT2D eigenvalue weighted by Crippen LogP contribution is 2.31. The first-order valence-corrected chi connectivity index (χ1v) is 10.1. The summed E-state index contributed by atoms with van der Waals surface area (Å²) in [6, 6.07) is 12.3. The van der Waals surface area contributed by atoms with E-state index in [4.69, 9.17) is 0 Å². The molecule has 4 aromatic heterocycles. The van der Waals surface area contributed by atoms with Gasteiger partial charge in [0.15, 0.2) is 5.65 Å². The number of hydrogen-bond donors (Lipinski definition) is 3. The van der Waals surface area contributed by atoms with Crippen molar-refractivity contribution in [3.8, 4) is 11.1 Å². The minimum absolute atomic E-state index is 0.608. The van der Waals surface area contributed by atoms with Crippen molar-refractivity contribution in [2.24, 2.45) is 0 Å². The summed E-state index contributed by atoms with van der Waals surface area (Å²) in [5.74, 6) is 0.738. The predicted molar refractivity (Wildman–Crippen MR) is 121 cm³/mol. The standard InChI is InChI=1S/C23H21N7O/c1-23(31)13-30(14-23)18-4-5-21(25-11-18)27-20-9-17(12-29-7-6-24-22(20)29)15-2-3-16-10-26-28-19(16)8-15/h2-12,31H,13-14H2,1H3,(H,25,27)(H,26,28). The molecule has 1 aromatic carbocycles. The minimum Gasteiger partial charge on any atom is -0.386 e. The Balaban J connectivity index is 1.33. The van der Waals surface area contributed by atoms with Gasteiger partial charge in [0.25, 0.3) is 0 Å². The van der Waals surface area contributed by atoms with Gasteiger partial charge in [-0.15, -0.1) is 0 Å². The molecule has 0 unspecified atom stereocenters. The summed E-state index contributed by atoms with van der Waals surface area (Å²) >= 11 is 0. The second kappa shape index (κ2) is 6.55. The summed E-state index contributed by atoms with van der Waals surface area (Å²) in [7, 11) is 0. The van der Waals surface area contributed by atoms with Crippen molar-refractivity contribution in [3.05, 3.63) is 67.4 Å². The van der Waals surface area contributed by atoms with E-state index in [-0.39, 0.29) is 0 Å². The van der Waals surface area contributed by atoms with E-state index in [1.54, 1.807) is 6.20 Å². The fourth-order valence-corrected chi connectivity index (χ4v) is 4.14. The number of nitrogens with zero attached hydrogens (tertiary/aromatic N) is 5. The molecule has 8 nitrogen and oxygen atoms in total. The molecule has 1 fully saturated rings. The van der Waals surface area contributed by atoms with Crippen LogP contribution in [-0.4, -0.2) is 48.4 Å². The van der Waals surface area contributed by atoms with Crippen LogP contribution in [-0.2, 0) is 0 Å². The van der Waals surface area contributed by atoms with Gasteiger partial charge in [-0.05, 0) is 36.8 Å². The molecule has 0 bridgehead atoms. The van der Waals surface area contributed by atoms with Crippen LogP contribution in [0.4, 0.5) is 17.2 Å². The highest BCUT2D eigenvalue weighted by atomic mass is 16.3. The van der Waals surface area contributed by atoms with E-state index in [0.29, 0.717) is 13.1 Å². The number of pyridine rings is 2. The first-order chi connectivity index (χ1) is 15.0. The summed E-state index contributed by atoms with van der Waals surface area (Å²) in [4.78, 5) is 11.2. The second-order valence-corrected chi connectivity index (χ2v) is 8.35. The van der Waals surface area contributed by atoms with Gasteiger partial charge < -0.3 is 19.7 Å². The van der Waals surface area contributed by atoms with Gasteiger partial charge in [-0.2, -0.15) is 5.10 Å². The Kier molecular flexibility index (Phi) is 3.78. The Morgan fingerprint density at radius 3 is 2.77 bits per heavy atom. The van der Waals surface area contributed by atoms with Gasteiger partial charge in [0.05, 0.1) is 34.9 Å². The predicted octanol–water partition coefficient (Wildman–Crippen LogP) is 3.59. The Morgan fingerprint density at radius 2 is 1.97 bits per heavy atom. The SMILES string of the molecule is CC1(O)CN(c2ccc(Nc3cc(-c4ccc5cn[nH]c5c4)cn4ccnc34)nc2)C1. The molecule has 5 heterocycles. The third-order valence-corrected chi connectivity index (χ3v) is 5.70. The number of hydrogen-bond acceptors (Lipinski definition) is 6. The summed E-state index contributed by atoms with van der Waals surface area (Å²) in [6.45, 7) is 3.09. The van der Waals surface area contributed by atoms with Crippen LogP contribution in [0.1, 0.15) is 6.92 Å². The topological polar surface area (TPSA) is 94.4 Å². The lowest BCUT2D eigenvalue weighted by molar-refractivity contribution is 0.0310. The number of benzene rings is 1. The van der Waals surface area contributed by atoms with Gasteiger partial charge >= 0.3 is 0 Å². The molecule has 1 saturated heterocycles. The monoisotopic (exact) mass is 411 g/mol.